The molecule has 5 heteroatoms. The zero-order chi connectivity index (χ0) is 18.1. The molecule has 0 aliphatic rings. The van der Waals surface area contributed by atoms with Gasteiger partial charge in [-0.25, -0.2) is 0 Å². The maximum Gasteiger partial charge on any atom is 0.273 e. The quantitative estimate of drug-likeness (QED) is 0.669. The fraction of sp³-hybridized carbons (Fsp3) is 0.200. The second-order valence-corrected chi connectivity index (χ2v) is 6.42. The summed E-state index contributed by atoms with van der Waals surface area (Å²) in [5.74, 6) is -0.0898. The fourth-order valence-corrected chi connectivity index (χ4v) is 2.87. The number of aromatic hydroxyl groups is 1. The van der Waals surface area contributed by atoms with Crippen LogP contribution in [0.4, 0.5) is 5.69 Å². The summed E-state index contributed by atoms with van der Waals surface area (Å²) in [6, 6.07) is 11.3. The molecular weight excluding hydrogens is 314 g/mol. The van der Waals surface area contributed by atoms with Crippen molar-refractivity contribution in [1.29, 1.82) is 0 Å². The van der Waals surface area contributed by atoms with Gasteiger partial charge in [0.25, 0.3) is 5.91 Å². The molecule has 0 spiro atoms. The molecule has 0 saturated heterocycles. The van der Waals surface area contributed by atoms with Crippen LogP contribution in [0.3, 0.4) is 0 Å². The maximum atomic E-state index is 12.5. The summed E-state index contributed by atoms with van der Waals surface area (Å²) in [6.07, 6.45) is 0. The first kappa shape index (κ1) is 16.8. The van der Waals surface area contributed by atoms with Crippen LogP contribution in [0.2, 0.25) is 0 Å². The zero-order valence-corrected chi connectivity index (χ0v) is 14.8. The summed E-state index contributed by atoms with van der Waals surface area (Å²) >= 11 is 0. The highest BCUT2D eigenvalue weighted by molar-refractivity contribution is 6.04. The number of anilines is 1. The van der Waals surface area contributed by atoms with Crippen molar-refractivity contribution in [3.8, 4) is 17.0 Å². The maximum absolute atomic E-state index is 12.5. The molecule has 1 amide bonds. The number of hydrogen-bond donors (Lipinski definition) is 3. The average Bonchev–Trinajstić information content (AvgIpc) is 3.03. The molecular formula is C20H21N3O2. The lowest BCUT2D eigenvalue weighted by atomic mass is 10.0. The molecule has 3 N–H and O–H groups in total. The number of phenols is 1. The van der Waals surface area contributed by atoms with Gasteiger partial charge in [-0.15, -0.1) is 0 Å². The predicted octanol–water partition coefficient (Wildman–Crippen LogP) is 4.27. The zero-order valence-electron chi connectivity index (χ0n) is 14.8. The normalized spacial score (nSPS) is 10.7. The monoisotopic (exact) mass is 335 g/mol. The van der Waals surface area contributed by atoms with Crippen LogP contribution in [-0.2, 0) is 0 Å². The molecule has 0 aliphatic carbocycles. The van der Waals surface area contributed by atoms with Gasteiger partial charge >= 0.3 is 0 Å². The minimum atomic E-state index is -0.269. The van der Waals surface area contributed by atoms with Crippen molar-refractivity contribution >= 4 is 11.6 Å². The van der Waals surface area contributed by atoms with Crippen molar-refractivity contribution in [3.63, 3.8) is 0 Å². The third kappa shape index (κ3) is 3.40. The summed E-state index contributed by atoms with van der Waals surface area (Å²) in [5, 5.41) is 20.1. The molecule has 5 nitrogen and oxygen atoms in total. The molecule has 0 bridgehead atoms. The third-order valence-corrected chi connectivity index (χ3v) is 4.17. The highest BCUT2D eigenvalue weighted by atomic mass is 16.3. The lowest BCUT2D eigenvalue weighted by Gasteiger charge is -2.08. The first-order valence-electron chi connectivity index (χ1n) is 8.10. The highest BCUT2D eigenvalue weighted by Gasteiger charge is 2.15. The van der Waals surface area contributed by atoms with Crippen molar-refractivity contribution in [1.82, 2.24) is 10.2 Å². The fourth-order valence-electron chi connectivity index (χ4n) is 2.87. The van der Waals surface area contributed by atoms with Crippen LogP contribution in [0.5, 0.6) is 5.75 Å². The molecule has 0 radical (unpaired) electrons. The van der Waals surface area contributed by atoms with E-state index in [-0.39, 0.29) is 11.7 Å². The molecule has 25 heavy (non-hydrogen) atoms. The number of benzene rings is 2. The second-order valence-electron chi connectivity index (χ2n) is 6.42. The van der Waals surface area contributed by atoms with E-state index >= 15 is 0 Å². The topological polar surface area (TPSA) is 78.0 Å². The number of rotatable bonds is 3. The number of aryl methyl sites for hydroxylation is 4. The van der Waals surface area contributed by atoms with E-state index in [1.165, 1.54) is 0 Å². The van der Waals surface area contributed by atoms with Gasteiger partial charge in [0, 0.05) is 11.3 Å². The minimum absolute atomic E-state index is 0.179. The number of amides is 1. The van der Waals surface area contributed by atoms with Crippen LogP contribution < -0.4 is 5.32 Å². The molecule has 3 aromatic rings. The Morgan fingerprint density at radius 2 is 1.72 bits per heavy atom. The second kappa shape index (κ2) is 6.43. The lowest BCUT2D eigenvalue weighted by Crippen LogP contribution is -2.13. The molecule has 0 saturated carbocycles. The number of H-pyrrole nitrogens is 1. The standard InChI is InChI=1S/C20H21N3O2/c1-11-5-6-16(13(3)7-11)21-20(25)18-10-17(22-23-18)15-9-12(2)8-14(4)19(15)24/h5-10,24H,1-4H3,(H,21,25)(H,22,23). The SMILES string of the molecule is Cc1ccc(NC(=O)c2cc(-c3cc(C)cc(C)c3O)n[nH]2)c(C)c1. The number of carbonyl (C=O) groups excluding carboxylic acids is 1. The van der Waals surface area contributed by atoms with E-state index in [1.54, 1.807) is 6.07 Å². The van der Waals surface area contributed by atoms with E-state index in [4.69, 9.17) is 0 Å². The van der Waals surface area contributed by atoms with Crippen LogP contribution in [-0.4, -0.2) is 21.2 Å². The molecule has 0 fully saturated rings. The van der Waals surface area contributed by atoms with Gasteiger partial charge in [0.15, 0.2) is 0 Å². The van der Waals surface area contributed by atoms with Gasteiger partial charge in [0.1, 0.15) is 11.4 Å². The molecule has 0 atom stereocenters. The largest absolute Gasteiger partial charge is 0.507 e. The Hall–Kier alpha value is -3.08. The molecule has 128 valence electrons. The Balaban J connectivity index is 1.87. The Morgan fingerprint density at radius 3 is 2.44 bits per heavy atom. The lowest BCUT2D eigenvalue weighted by molar-refractivity contribution is 0.102. The smallest absolute Gasteiger partial charge is 0.273 e. The number of hydrogen-bond acceptors (Lipinski definition) is 3. The Kier molecular flexibility index (Phi) is 4.31. The van der Waals surface area contributed by atoms with Crippen LogP contribution in [0.15, 0.2) is 36.4 Å². The van der Waals surface area contributed by atoms with Crippen LogP contribution in [0.1, 0.15) is 32.7 Å². The molecule has 1 aromatic heterocycles. The van der Waals surface area contributed by atoms with Gasteiger partial charge < -0.3 is 10.4 Å². The molecule has 0 aliphatic heterocycles. The van der Waals surface area contributed by atoms with Gasteiger partial charge in [-0.05, 0) is 62.6 Å². The van der Waals surface area contributed by atoms with Crippen LogP contribution >= 0.6 is 0 Å². The van der Waals surface area contributed by atoms with Crippen molar-refractivity contribution in [3.05, 3.63) is 64.3 Å². The third-order valence-electron chi connectivity index (χ3n) is 4.17. The summed E-state index contributed by atoms with van der Waals surface area (Å²) in [4.78, 5) is 12.5. The van der Waals surface area contributed by atoms with E-state index < -0.39 is 0 Å². The number of nitrogens with zero attached hydrogens (tertiary/aromatic N) is 1. The number of aromatic amines is 1. The van der Waals surface area contributed by atoms with Gasteiger partial charge in [0.2, 0.25) is 0 Å². The number of aromatic nitrogens is 2. The Labute approximate surface area is 146 Å². The Bertz CT molecular complexity index is 958. The van der Waals surface area contributed by atoms with Gasteiger partial charge in [-0.3, -0.25) is 9.89 Å². The van der Waals surface area contributed by atoms with Gasteiger partial charge in [-0.2, -0.15) is 5.10 Å². The number of nitrogens with one attached hydrogen (secondary N) is 2. The first-order valence-corrected chi connectivity index (χ1v) is 8.10. The predicted molar refractivity (Wildman–Crippen MR) is 99.0 cm³/mol. The average molecular weight is 335 g/mol. The molecule has 2 aromatic carbocycles. The van der Waals surface area contributed by atoms with Gasteiger partial charge in [0.05, 0.1) is 5.69 Å². The molecule has 3 rings (SSSR count). The van der Waals surface area contributed by atoms with E-state index in [0.29, 0.717) is 17.0 Å². The summed E-state index contributed by atoms with van der Waals surface area (Å²) in [7, 11) is 0. The van der Waals surface area contributed by atoms with Crippen LogP contribution in [0, 0.1) is 27.7 Å². The summed E-state index contributed by atoms with van der Waals surface area (Å²) in [6.45, 7) is 7.76. The van der Waals surface area contributed by atoms with Gasteiger partial charge in [-0.1, -0.05) is 23.8 Å². The van der Waals surface area contributed by atoms with Crippen molar-refractivity contribution in [2.75, 3.05) is 5.32 Å². The molecule has 0 unspecified atom stereocenters. The van der Waals surface area contributed by atoms with E-state index in [9.17, 15) is 9.90 Å². The number of carbonyl (C=O) groups is 1. The van der Waals surface area contributed by atoms with Crippen molar-refractivity contribution in [2.24, 2.45) is 0 Å². The van der Waals surface area contributed by atoms with Crippen molar-refractivity contribution < 1.29 is 9.90 Å². The Morgan fingerprint density at radius 1 is 1.00 bits per heavy atom. The van der Waals surface area contributed by atoms with E-state index in [1.807, 2.05) is 58.0 Å². The van der Waals surface area contributed by atoms with Crippen LogP contribution in [0.25, 0.3) is 11.3 Å². The van der Waals surface area contributed by atoms with E-state index in [0.717, 1.165) is 27.9 Å². The van der Waals surface area contributed by atoms with E-state index in [2.05, 4.69) is 15.5 Å². The summed E-state index contributed by atoms with van der Waals surface area (Å²) in [5.41, 5.74) is 6.20. The first-order chi connectivity index (χ1) is 11.8. The molecule has 1 heterocycles. The number of phenolic OH excluding ortho intramolecular Hbond substituents is 1. The highest BCUT2D eigenvalue weighted by Crippen LogP contribution is 2.32. The van der Waals surface area contributed by atoms with Crippen molar-refractivity contribution in [2.45, 2.75) is 27.7 Å². The summed E-state index contributed by atoms with van der Waals surface area (Å²) < 4.78 is 0. The minimum Gasteiger partial charge on any atom is -0.507 e.